The number of halogens is 1. The molecule has 0 aromatic heterocycles. The quantitative estimate of drug-likeness (QED) is 0.750. The summed E-state index contributed by atoms with van der Waals surface area (Å²) in [6.07, 6.45) is 0.848. The summed E-state index contributed by atoms with van der Waals surface area (Å²) in [5, 5.41) is 0.856. The van der Waals surface area contributed by atoms with Gasteiger partial charge in [0.05, 0.1) is 0 Å². The highest BCUT2D eigenvalue weighted by atomic mass is 35.5. The highest BCUT2D eigenvalue weighted by Gasteiger charge is 2.04. The zero-order chi connectivity index (χ0) is 9.14. The van der Waals surface area contributed by atoms with E-state index in [0.717, 1.165) is 22.6 Å². The number of aryl methyl sites for hydroxylation is 1. The molecule has 1 atom stereocenters. The molecule has 12 heavy (non-hydrogen) atoms. The number of benzene rings is 1. The lowest BCUT2D eigenvalue weighted by atomic mass is 10.1. The van der Waals surface area contributed by atoms with E-state index >= 15 is 0 Å². The van der Waals surface area contributed by atoms with Crippen LogP contribution in [0.5, 0.6) is 0 Å². The Morgan fingerprint density at radius 2 is 2.17 bits per heavy atom. The molecule has 2 N–H and O–H groups in total. The summed E-state index contributed by atoms with van der Waals surface area (Å²) in [6.45, 7) is 3.99. The van der Waals surface area contributed by atoms with E-state index in [0.29, 0.717) is 0 Å². The highest BCUT2D eigenvalue weighted by molar-refractivity contribution is 6.32. The molecule has 1 aromatic rings. The molecule has 1 rings (SSSR count). The van der Waals surface area contributed by atoms with Gasteiger partial charge >= 0.3 is 0 Å². The Hall–Kier alpha value is -0.530. The topological polar surface area (TPSA) is 26.0 Å². The van der Waals surface area contributed by atoms with Gasteiger partial charge in [0.2, 0.25) is 0 Å². The van der Waals surface area contributed by atoms with Crippen molar-refractivity contribution in [3.63, 3.8) is 0 Å². The molecule has 0 unspecified atom stereocenters. The van der Waals surface area contributed by atoms with Crippen LogP contribution in [0.15, 0.2) is 18.2 Å². The summed E-state index contributed by atoms with van der Waals surface area (Å²) in [5.74, 6) is 0. The van der Waals surface area contributed by atoms with Gasteiger partial charge in [-0.1, -0.05) is 29.8 Å². The number of nitrogens with two attached hydrogens (primary N) is 1. The van der Waals surface area contributed by atoms with Crippen molar-refractivity contribution in [3.05, 3.63) is 34.3 Å². The molecule has 66 valence electrons. The maximum absolute atomic E-state index is 6.08. The Bertz CT molecular complexity index is 269. The third-order valence-corrected chi connectivity index (χ3v) is 2.35. The average Bonchev–Trinajstić information content (AvgIpc) is 1.98. The molecule has 1 aromatic carbocycles. The van der Waals surface area contributed by atoms with Crippen LogP contribution in [0, 0.1) is 6.92 Å². The molecule has 2 heteroatoms. The van der Waals surface area contributed by atoms with Gasteiger partial charge in [-0.15, -0.1) is 0 Å². The van der Waals surface area contributed by atoms with E-state index < -0.39 is 0 Å². The molecule has 0 bridgehead atoms. The first-order valence-corrected chi connectivity index (χ1v) is 4.48. The first-order valence-electron chi connectivity index (χ1n) is 4.11. The molecule has 0 aliphatic rings. The Kier molecular flexibility index (Phi) is 3.12. The summed E-state index contributed by atoms with van der Waals surface area (Å²) in [4.78, 5) is 0. The van der Waals surface area contributed by atoms with E-state index in [1.807, 2.05) is 32.0 Å². The van der Waals surface area contributed by atoms with Crippen LogP contribution < -0.4 is 5.73 Å². The molecular weight excluding hydrogens is 170 g/mol. The normalized spacial score (nSPS) is 13.0. The monoisotopic (exact) mass is 183 g/mol. The number of hydrogen-bond donors (Lipinski definition) is 1. The van der Waals surface area contributed by atoms with Crippen LogP contribution in [0.3, 0.4) is 0 Å². The predicted molar refractivity (Wildman–Crippen MR) is 53.5 cm³/mol. The van der Waals surface area contributed by atoms with Gasteiger partial charge in [-0.3, -0.25) is 0 Å². The van der Waals surface area contributed by atoms with Crippen molar-refractivity contribution in [2.24, 2.45) is 5.73 Å². The van der Waals surface area contributed by atoms with E-state index in [2.05, 4.69) is 0 Å². The van der Waals surface area contributed by atoms with Crippen LogP contribution in [0.1, 0.15) is 18.1 Å². The zero-order valence-electron chi connectivity index (χ0n) is 7.47. The Labute approximate surface area is 78.5 Å². The second-order valence-electron chi connectivity index (χ2n) is 3.23. The van der Waals surface area contributed by atoms with E-state index in [-0.39, 0.29) is 6.04 Å². The molecule has 0 heterocycles. The smallest absolute Gasteiger partial charge is 0.0467 e. The van der Waals surface area contributed by atoms with E-state index in [1.165, 1.54) is 0 Å². The number of rotatable bonds is 2. The van der Waals surface area contributed by atoms with Crippen molar-refractivity contribution < 1.29 is 0 Å². The average molecular weight is 184 g/mol. The summed E-state index contributed by atoms with van der Waals surface area (Å²) >= 11 is 6.08. The van der Waals surface area contributed by atoms with Crippen molar-refractivity contribution >= 4 is 11.6 Å². The Balaban J connectivity index is 2.92. The van der Waals surface area contributed by atoms with Gasteiger partial charge in [-0.05, 0) is 31.4 Å². The summed E-state index contributed by atoms with van der Waals surface area (Å²) < 4.78 is 0. The molecule has 0 aliphatic heterocycles. The van der Waals surface area contributed by atoms with E-state index in [1.54, 1.807) is 0 Å². The van der Waals surface area contributed by atoms with Crippen LogP contribution in [0.4, 0.5) is 0 Å². The van der Waals surface area contributed by atoms with Crippen LogP contribution >= 0.6 is 11.6 Å². The van der Waals surface area contributed by atoms with Gasteiger partial charge in [-0.25, -0.2) is 0 Å². The summed E-state index contributed by atoms with van der Waals surface area (Å²) in [5.41, 5.74) is 7.95. The second-order valence-corrected chi connectivity index (χ2v) is 3.61. The minimum atomic E-state index is 0.171. The van der Waals surface area contributed by atoms with Gasteiger partial charge < -0.3 is 5.73 Å². The molecule has 0 radical (unpaired) electrons. The standard InChI is InChI=1S/C10H14ClN/c1-7-4-3-5-9(10(7)11)6-8(2)12/h3-5,8H,6,12H2,1-2H3/t8-/m1/s1. The Morgan fingerprint density at radius 1 is 1.50 bits per heavy atom. The van der Waals surface area contributed by atoms with Gasteiger partial charge in [0, 0.05) is 11.1 Å². The van der Waals surface area contributed by atoms with Gasteiger partial charge in [-0.2, -0.15) is 0 Å². The first-order chi connectivity index (χ1) is 5.61. The van der Waals surface area contributed by atoms with Crippen LogP contribution in [-0.2, 0) is 6.42 Å². The molecule has 0 spiro atoms. The van der Waals surface area contributed by atoms with Crippen molar-refractivity contribution in [3.8, 4) is 0 Å². The third-order valence-electron chi connectivity index (χ3n) is 1.81. The van der Waals surface area contributed by atoms with E-state index in [4.69, 9.17) is 17.3 Å². The maximum atomic E-state index is 6.08. The molecule has 0 saturated carbocycles. The molecule has 1 nitrogen and oxygen atoms in total. The summed E-state index contributed by atoms with van der Waals surface area (Å²) in [7, 11) is 0. The Morgan fingerprint density at radius 3 is 2.75 bits per heavy atom. The van der Waals surface area contributed by atoms with Crippen LogP contribution in [-0.4, -0.2) is 6.04 Å². The lowest BCUT2D eigenvalue weighted by Crippen LogP contribution is -2.18. The SMILES string of the molecule is Cc1cccc(C[C@@H](C)N)c1Cl. The zero-order valence-corrected chi connectivity index (χ0v) is 8.23. The highest BCUT2D eigenvalue weighted by Crippen LogP contribution is 2.20. The second kappa shape index (κ2) is 3.92. The van der Waals surface area contributed by atoms with Crippen molar-refractivity contribution in [2.45, 2.75) is 26.3 Å². The minimum absolute atomic E-state index is 0.171. The molecular formula is C10H14ClN. The fourth-order valence-electron chi connectivity index (χ4n) is 1.21. The lowest BCUT2D eigenvalue weighted by molar-refractivity contribution is 0.738. The van der Waals surface area contributed by atoms with Crippen LogP contribution in [0.25, 0.3) is 0 Å². The first kappa shape index (κ1) is 9.56. The van der Waals surface area contributed by atoms with Gasteiger partial charge in [0.1, 0.15) is 0 Å². The fraction of sp³-hybridized carbons (Fsp3) is 0.400. The molecule has 0 amide bonds. The minimum Gasteiger partial charge on any atom is -0.328 e. The summed E-state index contributed by atoms with van der Waals surface area (Å²) in [6, 6.07) is 6.22. The van der Waals surface area contributed by atoms with Crippen molar-refractivity contribution in [1.29, 1.82) is 0 Å². The molecule has 0 saturated heterocycles. The van der Waals surface area contributed by atoms with Crippen molar-refractivity contribution in [2.75, 3.05) is 0 Å². The van der Waals surface area contributed by atoms with Gasteiger partial charge in [0.15, 0.2) is 0 Å². The fourth-order valence-corrected chi connectivity index (χ4v) is 1.42. The predicted octanol–water partition coefficient (Wildman–Crippen LogP) is 2.54. The molecule has 0 fully saturated rings. The number of hydrogen-bond acceptors (Lipinski definition) is 1. The van der Waals surface area contributed by atoms with Crippen LogP contribution in [0.2, 0.25) is 5.02 Å². The molecule has 0 aliphatic carbocycles. The van der Waals surface area contributed by atoms with E-state index in [9.17, 15) is 0 Å². The third kappa shape index (κ3) is 2.23. The maximum Gasteiger partial charge on any atom is 0.0467 e. The van der Waals surface area contributed by atoms with Gasteiger partial charge in [0.25, 0.3) is 0 Å². The lowest BCUT2D eigenvalue weighted by Gasteiger charge is -2.08. The largest absolute Gasteiger partial charge is 0.328 e. The van der Waals surface area contributed by atoms with Crippen molar-refractivity contribution in [1.82, 2.24) is 0 Å².